The number of nitrogens with two attached hydrogens (primary N) is 1. The molecule has 0 spiro atoms. The van der Waals surface area contributed by atoms with Crippen LogP contribution >= 0.6 is 0 Å². The summed E-state index contributed by atoms with van der Waals surface area (Å²) >= 11 is 0. The van der Waals surface area contributed by atoms with Crippen molar-refractivity contribution in [3.8, 4) is 0 Å². The third-order valence-corrected chi connectivity index (χ3v) is 4.55. The van der Waals surface area contributed by atoms with E-state index in [1.807, 2.05) is 0 Å². The van der Waals surface area contributed by atoms with Gasteiger partial charge in [-0.25, -0.2) is 0 Å². The van der Waals surface area contributed by atoms with Gasteiger partial charge in [-0.3, -0.25) is 0 Å². The largest absolute Gasteiger partial charge is 0.389 e. The van der Waals surface area contributed by atoms with Crippen molar-refractivity contribution in [2.24, 2.45) is 17.6 Å². The van der Waals surface area contributed by atoms with Crippen molar-refractivity contribution in [2.45, 2.75) is 44.6 Å². The molecular weight excluding hydrogens is 200 g/mol. The molecule has 1 heterocycles. The summed E-state index contributed by atoms with van der Waals surface area (Å²) in [6, 6.07) is 0. The van der Waals surface area contributed by atoms with Crippen LogP contribution in [0.1, 0.15) is 39.0 Å². The van der Waals surface area contributed by atoms with Crippen molar-refractivity contribution in [1.82, 2.24) is 4.90 Å². The molecule has 2 atom stereocenters. The van der Waals surface area contributed by atoms with Crippen molar-refractivity contribution in [1.29, 1.82) is 0 Å². The number of aliphatic hydroxyl groups is 1. The quantitative estimate of drug-likeness (QED) is 0.760. The summed E-state index contributed by atoms with van der Waals surface area (Å²) < 4.78 is 0. The monoisotopic (exact) mass is 226 g/mol. The van der Waals surface area contributed by atoms with Gasteiger partial charge in [0.15, 0.2) is 0 Å². The van der Waals surface area contributed by atoms with Gasteiger partial charge in [0.1, 0.15) is 0 Å². The fraction of sp³-hybridized carbons (Fsp3) is 1.00. The van der Waals surface area contributed by atoms with E-state index >= 15 is 0 Å². The van der Waals surface area contributed by atoms with Crippen LogP contribution in [0, 0.1) is 11.8 Å². The number of hydrogen-bond donors (Lipinski definition) is 2. The van der Waals surface area contributed by atoms with E-state index in [-0.39, 0.29) is 5.60 Å². The Kier molecular flexibility index (Phi) is 3.88. The summed E-state index contributed by atoms with van der Waals surface area (Å²) in [4.78, 5) is 2.43. The van der Waals surface area contributed by atoms with Crippen LogP contribution in [0.3, 0.4) is 0 Å². The summed E-state index contributed by atoms with van der Waals surface area (Å²) in [5.41, 5.74) is 5.42. The summed E-state index contributed by atoms with van der Waals surface area (Å²) in [7, 11) is 0. The normalized spacial score (nSPS) is 35.4. The SMILES string of the molecule is CC1CCN(CC2(O)CCCC2)CC1CN. The van der Waals surface area contributed by atoms with Crippen LogP contribution in [0.15, 0.2) is 0 Å². The molecule has 0 aromatic heterocycles. The summed E-state index contributed by atoms with van der Waals surface area (Å²) in [6.07, 6.45) is 5.61. The van der Waals surface area contributed by atoms with Crippen LogP contribution in [0.4, 0.5) is 0 Å². The predicted octanol–water partition coefficient (Wildman–Crippen LogP) is 1.21. The van der Waals surface area contributed by atoms with Gasteiger partial charge in [0.2, 0.25) is 0 Å². The molecule has 2 fully saturated rings. The van der Waals surface area contributed by atoms with E-state index in [1.165, 1.54) is 19.3 Å². The van der Waals surface area contributed by atoms with Gasteiger partial charge in [-0.05, 0) is 44.2 Å². The van der Waals surface area contributed by atoms with Gasteiger partial charge in [0.05, 0.1) is 5.60 Å². The highest BCUT2D eigenvalue weighted by Crippen LogP contribution is 2.32. The smallest absolute Gasteiger partial charge is 0.0774 e. The van der Waals surface area contributed by atoms with E-state index in [9.17, 15) is 5.11 Å². The molecule has 2 aliphatic rings. The number of hydrogen-bond acceptors (Lipinski definition) is 3. The third kappa shape index (κ3) is 2.76. The van der Waals surface area contributed by atoms with Gasteiger partial charge in [-0.1, -0.05) is 19.8 Å². The minimum Gasteiger partial charge on any atom is -0.389 e. The molecule has 2 rings (SSSR count). The molecule has 16 heavy (non-hydrogen) atoms. The lowest BCUT2D eigenvalue weighted by Crippen LogP contribution is -2.48. The van der Waals surface area contributed by atoms with Gasteiger partial charge in [-0.15, -0.1) is 0 Å². The molecule has 0 amide bonds. The maximum absolute atomic E-state index is 10.4. The lowest BCUT2D eigenvalue weighted by Gasteiger charge is -2.39. The molecule has 0 aromatic rings. The Labute approximate surface area is 99.0 Å². The molecule has 0 aromatic carbocycles. The summed E-state index contributed by atoms with van der Waals surface area (Å²) in [5, 5.41) is 10.4. The Morgan fingerprint density at radius 3 is 2.69 bits per heavy atom. The van der Waals surface area contributed by atoms with E-state index in [4.69, 9.17) is 5.73 Å². The molecule has 0 radical (unpaired) electrons. The minimum absolute atomic E-state index is 0.389. The summed E-state index contributed by atoms with van der Waals surface area (Å²) in [5.74, 6) is 1.37. The topological polar surface area (TPSA) is 49.5 Å². The Morgan fingerprint density at radius 1 is 1.38 bits per heavy atom. The minimum atomic E-state index is -0.389. The van der Waals surface area contributed by atoms with Gasteiger partial charge >= 0.3 is 0 Å². The zero-order valence-electron chi connectivity index (χ0n) is 10.5. The molecule has 1 saturated heterocycles. The maximum Gasteiger partial charge on any atom is 0.0774 e. The fourth-order valence-corrected chi connectivity index (χ4v) is 3.28. The molecule has 2 unspecified atom stereocenters. The van der Waals surface area contributed by atoms with Gasteiger partial charge in [0.25, 0.3) is 0 Å². The third-order valence-electron chi connectivity index (χ3n) is 4.55. The first-order chi connectivity index (χ1) is 7.63. The van der Waals surface area contributed by atoms with Crippen LogP contribution in [-0.4, -0.2) is 41.8 Å². The van der Waals surface area contributed by atoms with Crippen molar-refractivity contribution in [3.05, 3.63) is 0 Å². The van der Waals surface area contributed by atoms with Gasteiger partial charge in [-0.2, -0.15) is 0 Å². The van der Waals surface area contributed by atoms with Crippen molar-refractivity contribution < 1.29 is 5.11 Å². The second kappa shape index (κ2) is 5.03. The molecule has 3 N–H and O–H groups in total. The van der Waals surface area contributed by atoms with Gasteiger partial charge < -0.3 is 15.7 Å². The number of β-amino-alcohol motifs (C(OH)–C–C–N with tert-alkyl or cyclic N) is 1. The Hall–Kier alpha value is -0.120. The van der Waals surface area contributed by atoms with Crippen molar-refractivity contribution >= 4 is 0 Å². The van der Waals surface area contributed by atoms with Crippen molar-refractivity contribution in [3.63, 3.8) is 0 Å². The van der Waals surface area contributed by atoms with E-state index < -0.39 is 0 Å². The second-order valence-electron chi connectivity index (χ2n) is 5.93. The zero-order chi connectivity index (χ0) is 11.6. The number of likely N-dealkylation sites (tertiary alicyclic amines) is 1. The molecule has 94 valence electrons. The zero-order valence-corrected chi connectivity index (χ0v) is 10.5. The van der Waals surface area contributed by atoms with Crippen LogP contribution in [0.2, 0.25) is 0 Å². The molecule has 1 aliphatic heterocycles. The van der Waals surface area contributed by atoms with Crippen molar-refractivity contribution in [2.75, 3.05) is 26.2 Å². The Bertz CT molecular complexity index is 226. The second-order valence-corrected chi connectivity index (χ2v) is 5.93. The van der Waals surface area contributed by atoms with Gasteiger partial charge in [0, 0.05) is 13.1 Å². The molecular formula is C13H26N2O. The molecule has 0 bridgehead atoms. The standard InChI is InChI=1S/C13H26N2O/c1-11-4-7-15(9-12(11)8-14)10-13(16)5-2-3-6-13/h11-12,16H,2-10,14H2,1H3. The molecule has 1 aliphatic carbocycles. The number of piperidine rings is 1. The van der Waals surface area contributed by atoms with Crippen LogP contribution in [-0.2, 0) is 0 Å². The number of nitrogens with zero attached hydrogens (tertiary/aromatic N) is 1. The average Bonchev–Trinajstić information content (AvgIpc) is 2.68. The first-order valence-electron chi connectivity index (χ1n) is 6.78. The van der Waals surface area contributed by atoms with E-state index in [0.717, 1.165) is 44.9 Å². The Morgan fingerprint density at radius 2 is 2.06 bits per heavy atom. The highest BCUT2D eigenvalue weighted by Gasteiger charge is 2.35. The lowest BCUT2D eigenvalue weighted by molar-refractivity contribution is -0.00811. The van der Waals surface area contributed by atoms with Crippen LogP contribution in [0.5, 0.6) is 0 Å². The van der Waals surface area contributed by atoms with E-state index in [2.05, 4.69) is 11.8 Å². The number of rotatable bonds is 3. The highest BCUT2D eigenvalue weighted by atomic mass is 16.3. The first kappa shape index (κ1) is 12.3. The molecule has 3 nitrogen and oxygen atoms in total. The highest BCUT2D eigenvalue weighted by molar-refractivity contribution is 4.89. The maximum atomic E-state index is 10.4. The lowest BCUT2D eigenvalue weighted by atomic mass is 9.86. The van der Waals surface area contributed by atoms with Crippen LogP contribution in [0.25, 0.3) is 0 Å². The Balaban J connectivity index is 1.86. The molecule has 1 saturated carbocycles. The van der Waals surface area contributed by atoms with E-state index in [0.29, 0.717) is 5.92 Å². The first-order valence-corrected chi connectivity index (χ1v) is 6.78. The van der Waals surface area contributed by atoms with E-state index in [1.54, 1.807) is 0 Å². The molecule has 3 heteroatoms. The summed E-state index contributed by atoms with van der Waals surface area (Å²) in [6.45, 7) is 6.19. The van der Waals surface area contributed by atoms with Crippen LogP contribution < -0.4 is 5.73 Å². The average molecular weight is 226 g/mol. The predicted molar refractivity (Wildman–Crippen MR) is 66.2 cm³/mol. The fourth-order valence-electron chi connectivity index (χ4n) is 3.28.